The van der Waals surface area contributed by atoms with Gasteiger partial charge in [-0.1, -0.05) is 43.3 Å². The Morgan fingerprint density at radius 1 is 0.963 bits per heavy atom. The number of hydrogen-bond donors (Lipinski definition) is 1. The van der Waals surface area contributed by atoms with E-state index in [2.05, 4.69) is 23.5 Å². The lowest BCUT2D eigenvalue weighted by molar-refractivity contribution is -0.122. The monoisotopic (exact) mass is 359 g/mol. The van der Waals surface area contributed by atoms with Gasteiger partial charge in [0.2, 0.25) is 0 Å². The number of carbonyl (C=O) groups is 1. The van der Waals surface area contributed by atoms with Crippen molar-refractivity contribution in [2.24, 2.45) is 0 Å². The summed E-state index contributed by atoms with van der Waals surface area (Å²) in [6.07, 6.45) is 4.87. The van der Waals surface area contributed by atoms with E-state index in [0.717, 1.165) is 35.1 Å². The maximum atomic E-state index is 12.7. The Kier molecular flexibility index (Phi) is 5.10. The molecule has 1 N–H and O–H groups in total. The first-order valence-electron chi connectivity index (χ1n) is 9.81. The molecule has 3 heteroatoms. The summed E-state index contributed by atoms with van der Waals surface area (Å²) in [5.74, 6) is 0.682. The Balaban J connectivity index is 1.47. The van der Waals surface area contributed by atoms with Gasteiger partial charge in [-0.25, -0.2) is 0 Å². The summed E-state index contributed by atoms with van der Waals surface area (Å²) < 4.78 is 6.04. The molecule has 1 unspecified atom stereocenters. The zero-order valence-corrected chi connectivity index (χ0v) is 15.7. The first kappa shape index (κ1) is 17.6. The summed E-state index contributed by atoms with van der Waals surface area (Å²) in [7, 11) is 0. The molecule has 3 aromatic rings. The highest BCUT2D eigenvalue weighted by Crippen LogP contribution is 2.26. The number of ether oxygens (including phenoxy) is 1. The van der Waals surface area contributed by atoms with Gasteiger partial charge >= 0.3 is 0 Å². The molecule has 3 nitrogen and oxygen atoms in total. The van der Waals surface area contributed by atoms with E-state index < -0.39 is 6.10 Å². The average Bonchev–Trinajstić information content (AvgIpc) is 2.71. The highest BCUT2D eigenvalue weighted by molar-refractivity contribution is 5.96. The van der Waals surface area contributed by atoms with E-state index >= 15 is 0 Å². The molecule has 0 aliphatic heterocycles. The van der Waals surface area contributed by atoms with Crippen LogP contribution in [0.25, 0.3) is 10.8 Å². The van der Waals surface area contributed by atoms with Crippen molar-refractivity contribution in [3.05, 3.63) is 71.8 Å². The standard InChI is InChI=1S/C24H25NO2/c1-2-23(27-22-14-12-18-8-4-6-10-20(18)16-22)24(26)25-21-13-11-17-7-3-5-9-19(17)15-21/h3,5,7,9,11-16,23H,2,4,6,8,10H2,1H3,(H,25,26). The van der Waals surface area contributed by atoms with Crippen LogP contribution in [0.3, 0.4) is 0 Å². The predicted octanol–water partition coefficient (Wildman–Crippen LogP) is 5.51. The molecule has 1 amide bonds. The van der Waals surface area contributed by atoms with Gasteiger partial charge in [-0.15, -0.1) is 0 Å². The molecule has 0 radical (unpaired) electrons. The zero-order chi connectivity index (χ0) is 18.6. The van der Waals surface area contributed by atoms with Crippen molar-refractivity contribution < 1.29 is 9.53 Å². The number of benzene rings is 3. The van der Waals surface area contributed by atoms with Crippen molar-refractivity contribution in [1.82, 2.24) is 0 Å². The summed E-state index contributed by atoms with van der Waals surface area (Å²) in [6, 6.07) is 20.3. The highest BCUT2D eigenvalue weighted by atomic mass is 16.5. The minimum absolute atomic E-state index is 0.106. The molecule has 0 aromatic heterocycles. The summed E-state index contributed by atoms with van der Waals surface area (Å²) in [4.78, 5) is 12.7. The molecule has 0 bridgehead atoms. The molecule has 0 fully saturated rings. The number of fused-ring (bicyclic) bond motifs is 2. The fourth-order valence-corrected chi connectivity index (χ4v) is 3.76. The fraction of sp³-hybridized carbons (Fsp3) is 0.292. The first-order valence-corrected chi connectivity index (χ1v) is 9.81. The van der Waals surface area contributed by atoms with E-state index in [1.54, 1.807) is 0 Å². The van der Waals surface area contributed by atoms with Crippen LogP contribution < -0.4 is 10.1 Å². The van der Waals surface area contributed by atoms with Crippen molar-refractivity contribution in [2.45, 2.75) is 45.1 Å². The van der Waals surface area contributed by atoms with Crippen molar-refractivity contribution in [2.75, 3.05) is 5.32 Å². The van der Waals surface area contributed by atoms with Crippen molar-refractivity contribution in [3.8, 4) is 5.75 Å². The maximum absolute atomic E-state index is 12.7. The van der Waals surface area contributed by atoms with Gasteiger partial charge < -0.3 is 10.1 Å². The largest absolute Gasteiger partial charge is 0.481 e. The predicted molar refractivity (Wildman–Crippen MR) is 110 cm³/mol. The number of rotatable bonds is 5. The van der Waals surface area contributed by atoms with E-state index in [-0.39, 0.29) is 5.91 Å². The van der Waals surface area contributed by atoms with Crippen molar-refractivity contribution >= 4 is 22.4 Å². The number of amides is 1. The number of anilines is 1. The highest BCUT2D eigenvalue weighted by Gasteiger charge is 2.19. The Morgan fingerprint density at radius 2 is 1.74 bits per heavy atom. The van der Waals surface area contributed by atoms with Crippen LogP contribution in [0.15, 0.2) is 60.7 Å². The van der Waals surface area contributed by atoms with Gasteiger partial charge in [-0.05, 0) is 78.3 Å². The Labute approximate surface area is 160 Å². The molecule has 1 aliphatic rings. The second-order valence-electron chi connectivity index (χ2n) is 7.20. The average molecular weight is 359 g/mol. The molecule has 3 aromatic carbocycles. The van der Waals surface area contributed by atoms with Crippen LogP contribution in [0.2, 0.25) is 0 Å². The van der Waals surface area contributed by atoms with E-state index in [1.165, 1.54) is 24.0 Å². The lowest BCUT2D eigenvalue weighted by Gasteiger charge is -2.20. The van der Waals surface area contributed by atoms with Gasteiger partial charge in [0.05, 0.1) is 0 Å². The van der Waals surface area contributed by atoms with Gasteiger partial charge in [-0.2, -0.15) is 0 Å². The minimum atomic E-state index is -0.502. The van der Waals surface area contributed by atoms with Gasteiger partial charge in [0.15, 0.2) is 6.10 Å². The lowest BCUT2D eigenvalue weighted by Crippen LogP contribution is -2.32. The molecule has 0 heterocycles. The minimum Gasteiger partial charge on any atom is -0.481 e. The van der Waals surface area contributed by atoms with Gasteiger partial charge in [-0.3, -0.25) is 4.79 Å². The molecule has 0 saturated carbocycles. The van der Waals surface area contributed by atoms with Crippen LogP contribution in [0.4, 0.5) is 5.69 Å². The normalized spacial score (nSPS) is 14.4. The SMILES string of the molecule is CCC(Oc1ccc2c(c1)CCCC2)C(=O)Nc1ccc2ccccc2c1. The van der Waals surface area contributed by atoms with Crippen molar-refractivity contribution in [1.29, 1.82) is 0 Å². The molecule has 0 saturated heterocycles. The van der Waals surface area contributed by atoms with Crippen LogP contribution in [-0.2, 0) is 17.6 Å². The van der Waals surface area contributed by atoms with Gasteiger partial charge in [0.25, 0.3) is 5.91 Å². The Hall–Kier alpha value is -2.81. The van der Waals surface area contributed by atoms with Crippen molar-refractivity contribution in [3.63, 3.8) is 0 Å². The lowest BCUT2D eigenvalue weighted by atomic mass is 9.92. The van der Waals surface area contributed by atoms with Crippen LogP contribution in [-0.4, -0.2) is 12.0 Å². The third-order valence-corrected chi connectivity index (χ3v) is 5.28. The maximum Gasteiger partial charge on any atom is 0.265 e. The summed E-state index contributed by atoms with van der Waals surface area (Å²) in [5.41, 5.74) is 3.58. The third kappa shape index (κ3) is 3.97. The third-order valence-electron chi connectivity index (χ3n) is 5.28. The summed E-state index contributed by atoms with van der Waals surface area (Å²) in [5, 5.41) is 5.27. The zero-order valence-electron chi connectivity index (χ0n) is 15.7. The second kappa shape index (κ2) is 7.83. The van der Waals surface area contributed by atoms with Crippen LogP contribution in [0.5, 0.6) is 5.75 Å². The molecule has 0 spiro atoms. The van der Waals surface area contributed by atoms with E-state index in [1.807, 2.05) is 49.4 Å². The molecule has 138 valence electrons. The number of nitrogens with one attached hydrogen (secondary N) is 1. The number of aryl methyl sites for hydroxylation is 2. The second-order valence-corrected chi connectivity index (χ2v) is 7.20. The van der Waals surface area contributed by atoms with Gasteiger partial charge in [0.1, 0.15) is 5.75 Å². The molecular weight excluding hydrogens is 334 g/mol. The summed E-state index contributed by atoms with van der Waals surface area (Å²) >= 11 is 0. The molecular formula is C24H25NO2. The van der Waals surface area contributed by atoms with E-state index in [4.69, 9.17) is 4.74 Å². The molecule has 4 rings (SSSR count). The molecule has 27 heavy (non-hydrogen) atoms. The molecule has 1 aliphatic carbocycles. The smallest absolute Gasteiger partial charge is 0.265 e. The Morgan fingerprint density at radius 3 is 2.56 bits per heavy atom. The first-order chi connectivity index (χ1) is 13.2. The van der Waals surface area contributed by atoms with Crippen LogP contribution in [0, 0.1) is 0 Å². The summed E-state index contributed by atoms with van der Waals surface area (Å²) in [6.45, 7) is 1.98. The van der Waals surface area contributed by atoms with E-state index in [9.17, 15) is 4.79 Å². The topological polar surface area (TPSA) is 38.3 Å². The quantitative estimate of drug-likeness (QED) is 0.652. The van der Waals surface area contributed by atoms with Crippen LogP contribution >= 0.6 is 0 Å². The van der Waals surface area contributed by atoms with Crippen LogP contribution in [0.1, 0.15) is 37.3 Å². The van der Waals surface area contributed by atoms with Gasteiger partial charge in [0, 0.05) is 5.69 Å². The molecule has 1 atom stereocenters. The number of carbonyl (C=O) groups excluding carboxylic acids is 1. The van der Waals surface area contributed by atoms with E-state index in [0.29, 0.717) is 6.42 Å². The Bertz CT molecular complexity index is 964. The fourth-order valence-electron chi connectivity index (χ4n) is 3.76. The number of hydrogen-bond acceptors (Lipinski definition) is 2.